The minimum atomic E-state index is -4.26. The first-order chi connectivity index (χ1) is 9.82. The van der Waals surface area contributed by atoms with Gasteiger partial charge >= 0.3 is 0 Å². The zero-order chi connectivity index (χ0) is 15.6. The van der Waals surface area contributed by atoms with Gasteiger partial charge in [0.2, 0.25) is 10.0 Å². The highest BCUT2D eigenvalue weighted by Gasteiger charge is 2.25. The van der Waals surface area contributed by atoms with Crippen molar-refractivity contribution in [3.63, 3.8) is 0 Å². The number of hydrogen-bond donors (Lipinski definition) is 0. The van der Waals surface area contributed by atoms with E-state index in [1.807, 2.05) is 0 Å². The smallest absolute Gasteiger partial charge is 0.207 e. The van der Waals surface area contributed by atoms with Crippen molar-refractivity contribution in [1.29, 1.82) is 0 Å². The number of rotatable bonds is 4. The lowest BCUT2D eigenvalue weighted by Gasteiger charge is -2.18. The standard InChI is InChI=1S/C14H12F3NO2S/c1-18(9-10-4-2-3-5-12(10)16)21(19,20)14-8-11(15)6-7-13(14)17/h2-8H,9H2,1H3. The summed E-state index contributed by atoms with van der Waals surface area (Å²) in [6.45, 7) is -0.287. The molecular formula is C14H12F3NO2S. The minimum absolute atomic E-state index is 0.139. The largest absolute Gasteiger partial charge is 0.246 e. The van der Waals surface area contributed by atoms with Crippen LogP contribution >= 0.6 is 0 Å². The highest BCUT2D eigenvalue weighted by molar-refractivity contribution is 7.89. The Labute approximate surface area is 120 Å². The van der Waals surface area contributed by atoms with Crippen molar-refractivity contribution in [3.05, 3.63) is 65.5 Å². The molecule has 0 aliphatic rings. The molecule has 112 valence electrons. The van der Waals surface area contributed by atoms with E-state index in [0.717, 1.165) is 16.4 Å². The van der Waals surface area contributed by atoms with Crippen molar-refractivity contribution in [1.82, 2.24) is 4.31 Å². The van der Waals surface area contributed by atoms with E-state index in [4.69, 9.17) is 0 Å². The Kier molecular flexibility index (Phi) is 4.34. The predicted octanol–water partition coefficient (Wildman–Crippen LogP) is 2.92. The topological polar surface area (TPSA) is 37.4 Å². The van der Waals surface area contributed by atoms with E-state index >= 15 is 0 Å². The van der Waals surface area contributed by atoms with Crippen molar-refractivity contribution in [2.24, 2.45) is 0 Å². The van der Waals surface area contributed by atoms with Crippen LogP contribution in [0.1, 0.15) is 5.56 Å². The Morgan fingerprint density at radius 3 is 2.33 bits per heavy atom. The molecule has 0 unspecified atom stereocenters. The Morgan fingerprint density at radius 2 is 1.67 bits per heavy atom. The summed E-state index contributed by atoms with van der Waals surface area (Å²) in [4.78, 5) is -0.777. The van der Waals surface area contributed by atoms with E-state index in [-0.39, 0.29) is 12.1 Å². The van der Waals surface area contributed by atoms with Crippen LogP contribution in [0.5, 0.6) is 0 Å². The second-order valence-electron chi connectivity index (χ2n) is 4.43. The Hall–Kier alpha value is -1.86. The molecule has 2 aromatic carbocycles. The van der Waals surface area contributed by atoms with Crippen LogP contribution in [-0.2, 0) is 16.6 Å². The van der Waals surface area contributed by atoms with Gasteiger partial charge in [0.05, 0.1) is 0 Å². The van der Waals surface area contributed by atoms with Crippen LogP contribution in [0.3, 0.4) is 0 Å². The van der Waals surface area contributed by atoms with Gasteiger partial charge in [0.15, 0.2) is 0 Å². The minimum Gasteiger partial charge on any atom is -0.207 e. The number of hydrogen-bond acceptors (Lipinski definition) is 2. The van der Waals surface area contributed by atoms with Gasteiger partial charge in [-0.25, -0.2) is 21.6 Å². The monoisotopic (exact) mass is 315 g/mol. The summed E-state index contributed by atoms with van der Waals surface area (Å²) >= 11 is 0. The maximum absolute atomic E-state index is 13.6. The van der Waals surface area contributed by atoms with Gasteiger partial charge < -0.3 is 0 Å². The zero-order valence-electron chi connectivity index (χ0n) is 11.1. The highest BCUT2D eigenvalue weighted by Crippen LogP contribution is 2.21. The van der Waals surface area contributed by atoms with Crippen molar-refractivity contribution < 1.29 is 21.6 Å². The van der Waals surface area contributed by atoms with Crippen LogP contribution in [-0.4, -0.2) is 19.8 Å². The van der Waals surface area contributed by atoms with E-state index in [0.29, 0.717) is 6.07 Å². The maximum atomic E-state index is 13.6. The van der Waals surface area contributed by atoms with Gasteiger partial charge in [0, 0.05) is 19.2 Å². The molecule has 0 aromatic heterocycles. The molecule has 3 nitrogen and oxygen atoms in total. The molecule has 0 saturated heterocycles. The molecule has 0 amide bonds. The Balaban J connectivity index is 2.35. The van der Waals surface area contributed by atoms with Crippen molar-refractivity contribution in [3.8, 4) is 0 Å². The first kappa shape index (κ1) is 15.5. The Morgan fingerprint density at radius 1 is 1.00 bits per heavy atom. The molecular weight excluding hydrogens is 303 g/mol. The molecule has 0 bridgehead atoms. The van der Waals surface area contributed by atoms with Crippen molar-refractivity contribution >= 4 is 10.0 Å². The molecule has 2 rings (SSSR count). The number of nitrogens with zero attached hydrogens (tertiary/aromatic N) is 1. The number of sulfonamides is 1. The fourth-order valence-corrected chi connectivity index (χ4v) is 3.02. The molecule has 0 aliphatic carbocycles. The van der Waals surface area contributed by atoms with Gasteiger partial charge in [-0.1, -0.05) is 18.2 Å². The third-order valence-corrected chi connectivity index (χ3v) is 4.75. The van der Waals surface area contributed by atoms with Crippen molar-refractivity contribution in [2.45, 2.75) is 11.4 Å². The van der Waals surface area contributed by atoms with Gasteiger partial charge in [0.25, 0.3) is 0 Å². The van der Waals surface area contributed by atoms with Crippen LogP contribution < -0.4 is 0 Å². The van der Waals surface area contributed by atoms with Crippen LogP contribution in [0.2, 0.25) is 0 Å². The first-order valence-corrected chi connectivity index (χ1v) is 7.41. The molecule has 0 N–H and O–H groups in total. The molecule has 0 saturated carbocycles. The summed E-state index contributed by atoms with van der Waals surface area (Å²) < 4.78 is 65.5. The lowest BCUT2D eigenvalue weighted by atomic mass is 10.2. The fourth-order valence-electron chi connectivity index (χ4n) is 1.79. The van der Waals surface area contributed by atoms with Crippen LogP contribution in [0.25, 0.3) is 0 Å². The summed E-state index contributed by atoms with van der Waals surface area (Å²) in [6.07, 6.45) is 0. The lowest BCUT2D eigenvalue weighted by molar-refractivity contribution is 0.449. The predicted molar refractivity (Wildman–Crippen MR) is 71.4 cm³/mol. The lowest BCUT2D eigenvalue weighted by Crippen LogP contribution is -2.27. The van der Waals surface area contributed by atoms with Gasteiger partial charge in [0.1, 0.15) is 22.3 Å². The number of benzene rings is 2. The van der Waals surface area contributed by atoms with Crippen LogP contribution in [0, 0.1) is 17.5 Å². The first-order valence-electron chi connectivity index (χ1n) is 5.97. The Bertz CT molecular complexity index is 763. The van der Waals surface area contributed by atoms with E-state index in [2.05, 4.69) is 0 Å². The third kappa shape index (κ3) is 3.25. The van der Waals surface area contributed by atoms with Crippen LogP contribution in [0.4, 0.5) is 13.2 Å². The van der Waals surface area contributed by atoms with Gasteiger partial charge in [-0.15, -0.1) is 0 Å². The van der Waals surface area contributed by atoms with Crippen molar-refractivity contribution in [2.75, 3.05) is 7.05 Å². The van der Waals surface area contributed by atoms with Crippen LogP contribution in [0.15, 0.2) is 47.4 Å². The maximum Gasteiger partial charge on any atom is 0.246 e. The average molecular weight is 315 g/mol. The summed E-state index contributed by atoms with van der Waals surface area (Å²) in [7, 11) is -3.08. The van der Waals surface area contributed by atoms with E-state index < -0.39 is 32.4 Å². The third-order valence-electron chi connectivity index (χ3n) is 2.93. The zero-order valence-corrected chi connectivity index (χ0v) is 11.9. The molecule has 0 heterocycles. The molecule has 0 spiro atoms. The molecule has 0 radical (unpaired) electrons. The molecule has 0 fully saturated rings. The quantitative estimate of drug-likeness (QED) is 0.870. The van der Waals surface area contributed by atoms with Gasteiger partial charge in [-0.3, -0.25) is 0 Å². The molecule has 21 heavy (non-hydrogen) atoms. The SMILES string of the molecule is CN(Cc1ccccc1F)S(=O)(=O)c1cc(F)ccc1F. The molecule has 0 atom stereocenters. The fraction of sp³-hybridized carbons (Fsp3) is 0.143. The average Bonchev–Trinajstić information content (AvgIpc) is 2.43. The number of halogens is 3. The molecule has 2 aromatic rings. The normalized spacial score (nSPS) is 11.9. The molecule has 0 aliphatic heterocycles. The van der Waals surface area contributed by atoms with E-state index in [1.165, 1.54) is 25.2 Å². The van der Waals surface area contributed by atoms with Gasteiger partial charge in [-0.2, -0.15) is 4.31 Å². The summed E-state index contributed by atoms with van der Waals surface area (Å²) in [6, 6.07) is 7.80. The highest BCUT2D eigenvalue weighted by atomic mass is 32.2. The molecule has 7 heteroatoms. The van der Waals surface area contributed by atoms with E-state index in [9.17, 15) is 21.6 Å². The summed E-state index contributed by atoms with van der Waals surface area (Å²) in [5.41, 5.74) is 0.139. The summed E-state index contributed by atoms with van der Waals surface area (Å²) in [5, 5.41) is 0. The van der Waals surface area contributed by atoms with Gasteiger partial charge in [-0.05, 0) is 24.3 Å². The second kappa shape index (κ2) is 5.87. The second-order valence-corrected chi connectivity index (χ2v) is 6.44. The van der Waals surface area contributed by atoms with E-state index in [1.54, 1.807) is 6.07 Å². The summed E-state index contributed by atoms with van der Waals surface area (Å²) in [5.74, 6) is -2.50.